The smallest absolute Gasteiger partial charge is 0.433 e. The van der Waals surface area contributed by atoms with E-state index in [1.807, 2.05) is 0 Å². The minimum Gasteiger partial charge on any atom is -0.465 e. The maximum Gasteiger partial charge on any atom is 0.433 e. The van der Waals surface area contributed by atoms with Gasteiger partial charge in [-0.15, -0.1) is 0 Å². The van der Waals surface area contributed by atoms with E-state index in [-0.39, 0.29) is 18.8 Å². The van der Waals surface area contributed by atoms with Gasteiger partial charge in [-0.25, -0.2) is 0 Å². The van der Waals surface area contributed by atoms with E-state index in [1.165, 1.54) is 12.1 Å². The number of halogens is 3. The predicted molar refractivity (Wildman–Crippen MR) is 92.7 cm³/mol. The van der Waals surface area contributed by atoms with Gasteiger partial charge in [0.2, 0.25) is 0 Å². The molecule has 0 aliphatic heterocycles. The third-order valence-electron chi connectivity index (χ3n) is 3.52. The molecule has 0 aliphatic rings. The first-order valence-electron chi connectivity index (χ1n) is 8.05. The molecular formula is C18H18F3N3O3. The molecule has 0 fully saturated rings. The van der Waals surface area contributed by atoms with Crippen LogP contribution in [-0.4, -0.2) is 30.0 Å². The van der Waals surface area contributed by atoms with Gasteiger partial charge in [-0.3, -0.25) is 14.6 Å². The van der Waals surface area contributed by atoms with Crippen LogP contribution < -0.4 is 10.6 Å². The van der Waals surface area contributed by atoms with Crippen molar-refractivity contribution in [2.45, 2.75) is 20.0 Å². The van der Waals surface area contributed by atoms with Gasteiger partial charge in [0.05, 0.1) is 6.61 Å². The molecule has 1 aromatic heterocycles. The number of nitrogens with zero attached hydrogens (tertiary/aromatic N) is 1. The molecule has 0 spiro atoms. The van der Waals surface area contributed by atoms with Crippen LogP contribution in [0.15, 0.2) is 36.5 Å². The zero-order valence-corrected chi connectivity index (χ0v) is 14.7. The molecule has 0 aliphatic carbocycles. The molecule has 0 saturated heterocycles. The van der Waals surface area contributed by atoms with E-state index < -0.39 is 23.7 Å². The van der Waals surface area contributed by atoms with Gasteiger partial charge in [-0.05, 0) is 49.7 Å². The Morgan fingerprint density at radius 1 is 1.19 bits per heavy atom. The van der Waals surface area contributed by atoms with Gasteiger partial charge >= 0.3 is 12.1 Å². The molecule has 27 heavy (non-hydrogen) atoms. The second-order valence-electron chi connectivity index (χ2n) is 5.57. The quantitative estimate of drug-likeness (QED) is 0.750. The van der Waals surface area contributed by atoms with Crippen molar-refractivity contribution < 1.29 is 27.5 Å². The van der Waals surface area contributed by atoms with E-state index in [1.54, 1.807) is 26.0 Å². The van der Waals surface area contributed by atoms with Gasteiger partial charge in [0.25, 0.3) is 5.91 Å². The number of benzene rings is 1. The summed E-state index contributed by atoms with van der Waals surface area (Å²) in [6.45, 7) is 3.34. The Balaban J connectivity index is 2.09. The van der Waals surface area contributed by atoms with Crippen molar-refractivity contribution in [1.82, 2.24) is 10.3 Å². The molecular weight excluding hydrogens is 363 g/mol. The number of carbonyl (C=O) groups is 2. The number of hydrogen-bond acceptors (Lipinski definition) is 5. The lowest BCUT2D eigenvalue weighted by atomic mass is 10.1. The molecule has 0 radical (unpaired) electrons. The lowest BCUT2D eigenvalue weighted by molar-refractivity contribution is -0.142. The van der Waals surface area contributed by atoms with Crippen LogP contribution in [0.2, 0.25) is 0 Å². The summed E-state index contributed by atoms with van der Waals surface area (Å²) < 4.78 is 42.9. The average Bonchev–Trinajstić information content (AvgIpc) is 2.61. The molecule has 2 rings (SSSR count). The highest BCUT2D eigenvalue weighted by atomic mass is 19.4. The number of rotatable bonds is 6. The fourth-order valence-corrected chi connectivity index (χ4v) is 2.23. The number of alkyl halides is 3. The van der Waals surface area contributed by atoms with Gasteiger partial charge in [0, 0.05) is 23.1 Å². The first kappa shape index (κ1) is 20.2. The Kier molecular flexibility index (Phi) is 6.38. The lowest BCUT2D eigenvalue weighted by Gasteiger charge is -2.13. The summed E-state index contributed by atoms with van der Waals surface area (Å²) in [5.74, 6) is -1.00. The molecule has 1 aromatic carbocycles. The SMILES string of the molecule is CCOC(=O)CNC(=O)c1ccc(Nc2ccnc(C(F)(F)F)c2)c(C)c1. The number of amides is 1. The summed E-state index contributed by atoms with van der Waals surface area (Å²) in [6.07, 6.45) is -3.47. The van der Waals surface area contributed by atoms with Crippen LogP contribution in [0.1, 0.15) is 28.5 Å². The summed E-state index contributed by atoms with van der Waals surface area (Å²) in [4.78, 5) is 26.6. The number of esters is 1. The summed E-state index contributed by atoms with van der Waals surface area (Å²) in [5.41, 5.74) is 0.716. The van der Waals surface area contributed by atoms with Crippen LogP contribution in [0.5, 0.6) is 0 Å². The summed E-state index contributed by atoms with van der Waals surface area (Å²) >= 11 is 0. The minimum absolute atomic E-state index is 0.221. The Morgan fingerprint density at radius 3 is 2.56 bits per heavy atom. The van der Waals surface area contributed by atoms with E-state index in [9.17, 15) is 22.8 Å². The number of nitrogens with one attached hydrogen (secondary N) is 2. The van der Waals surface area contributed by atoms with E-state index >= 15 is 0 Å². The van der Waals surface area contributed by atoms with Gasteiger partial charge in [0.1, 0.15) is 12.2 Å². The summed E-state index contributed by atoms with van der Waals surface area (Å²) in [7, 11) is 0. The molecule has 9 heteroatoms. The maximum atomic E-state index is 12.7. The molecule has 0 saturated carbocycles. The highest BCUT2D eigenvalue weighted by Crippen LogP contribution is 2.30. The number of hydrogen-bond donors (Lipinski definition) is 2. The Hall–Kier alpha value is -3.10. The number of carbonyl (C=O) groups excluding carboxylic acids is 2. The molecule has 1 amide bonds. The fraction of sp³-hybridized carbons (Fsp3) is 0.278. The van der Waals surface area contributed by atoms with Crippen molar-refractivity contribution >= 4 is 23.3 Å². The van der Waals surface area contributed by atoms with Gasteiger partial charge < -0.3 is 15.4 Å². The number of ether oxygens (including phenoxy) is 1. The molecule has 0 unspecified atom stereocenters. The highest BCUT2D eigenvalue weighted by Gasteiger charge is 2.32. The molecule has 6 nitrogen and oxygen atoms in total. The fourth-order valence-electron chi connectivity index (χ4n) is 2.23. The number of aromatic nitrogens is 1. The van der Waals surface area contributed by atoms with Crippen molar-refractivity contribution in [2.24, 2.45) is 0 Å². The number of anilines is 2. The van der Waals surface area contributed by atoms with Crippen LogP contribution in [0.4, 0.5) is 24.5 Å². The average molecular weight is 381 g/mol. The summed E-state index contributed by atoms with van der Waals surface area (Å²) in [6, 6.07) is 6.95. The van der Waals surface area contributed by atoms with E-state index in [0.717, 1.165) is 12.3 Å². The van der Waals surface area contributed by atoms with E-state index in [4.69, 9.17) is 4.74 Å². The van der Waals surface area contributed by atoms with Crippen LogP contribution in [-0.2, 0) is 15.7 Å². The lowest BCUT2D eigenvalue weighted by Crippen LogP contribution is -2.30. The largest absolute Gasteiger partial charge is 0.465 e. The van der Waals surface area contributed by atoms with Crippen molar-refractivity contribution in [1.29, 1.82) is 0 Å². The third kappa shape index (κ3) is 5.70. The molecule has 0 atom stereocenters. The molecule has 2 aromatic rings. The first-order valence-corrected chi connectivity index (χ1v) is 8.05. The summed E-state index contributed by atoms with van der Waals surface area (Å²) in [5, 5.41) is 5.31. The predicted octanol–water partition coefficient (Wildman–Crippen LogP) is 3.45. The number of pyridine rings is 1. The molecule has 144 valence electrons. The Bertz CT molecular complexity index is 838. The van der Waals surface area contributed by atoms with Gasteiger partial charge in [-0.2, -0.15) is 13.2 Å². The van der Waals surface area contributed by atoms with Crippen molar-refractivity contribution in [2.75, 3.05) is 18.5 Å². The Labute approximate surface area is 153 Å². The normalized spacial score (nSPS) is 11.0. The molecule has 0 bridgehead atoms. The van der Waals surface area contributed by atoms with Crippen molar-refractivity contribution in [3.05, 3.63) is 53.3 Å². The zero-order chi connectivity index (χ0) is 20.0. The third-order valence-corrected chi connectivity index (χ3v) is 3.52. The topological polar surface area (TPSA) is 80.3 Å². The molecule has 1 heterocycles. The minimum atomic E-state index is -4.53. The van der Waals surface area contributed by atoms with Crippen LogP contribution in [0.25, 0.3) is 0 Å². The number of aryl methyl sites for hydroxylation is 1. The zero-order valence-electron chi connectivity index (χ0n) is 14.7. The highest BCUT2D eigenvalue weighted by molar-refractivity contribution is 5.96. The molecule has 2 N–H and O–H groups in total. The monoisotopic (exact) mass is 381 g/mol. The first-order chi connectivity index (χ1) is 12.7. The standard InChI is InChI=1S/C18H18F3N3O3/c1-3-27-16(25)10-23-17(26)12-4-5-14(11(2)8-12)24-13-6-7-22-15(9-13)18(19,20)21/h4-9H,3,10H2,1-2H3,(H,22,24)(H,23,26). The van der Waals surface area contributed by atoms with Gasteiger partial charge in [-0.1, -0.05) is 0 Å². The van der Waals surface area contributed by atoms with E-state index in [0.29, 0.717) is 16.8 Å². The van der Waals surface area contributed by atoms with Crippen LogP contribution in [0.3, 0.4) is 0 Å². The second-order valence-corrected chi connectivity index (χ2v) is 5.57. The van der Waals surface area contributed by atoms with E-state index in [2.05, 4.69) is 15.6 Å². The Morgan fingerprint density at radius 2 is 1.93 bits per heavy atom. The van der Waals surface area contributed by atoms with Gasteiger partial charge in [0.15, 0.2) is 0 Å². The van der Waals surface area contributed by atoms with Crippen molar-refractivity contribution in [3.8, 4) is 0 Å². The van der Waals surface area contributed by atoms with Crippen molar-refractivity contribution in [3.63, 3.8) is 0 Å². The second kappa shape index (κ2) is 8.52. The maximum absolute atomic E-state index is 12.7. The van der Waals surface area contributed by atoms with Crippen LogP contribution >= 0.6 is 0 Å². The van der Waals surface area contributed by atoms with Crippen LogP contribution in [0, 0.1) is 6.92 Å².